The van der Waals surface area contributed by atoms with Gasteiger partial charge in [-0.05, 0) is 60.1 Å². The summed E-state index contributed by atoms with van der Waals surface area (Å²) in [5, 5.41) is 0. The summed E-state index contributed by atoms with van der Waals surface area (Å²) < 4.78 is 12.5. The zero-order valence-corrected chi connectivity index (χ0v) is 19.1. The van der Waals surface area contributed by atoms with Crippen LogP contribution in [0.15, 0.2) is 47.4 Å². The van der Waals surface area contributed by atoms with Crippen molar-refractivity contribution in [1.82, 2.24) is 4.90 Å². The Labute approximate surface area is 180 Å². The number of thiol groups is 1. The van der Waals surface area contributed by atoms with Crippen LogP contribution < -0.4 is 10.6 Å². The molecule has 0 saturated carbocycles. The van der Waals surface area contributed by atoms with Crippen molar-refractivity contribution in [2.24, 2.45) is 5.73 Å². The fraction of sp³-hybridized carbons (Fsp3) is 0.458. The van der Waals surface area contributed by atoms with Gasteiger partial charge in [-0.1, -0.05) is 40.3 Å². The Kier molecular flexibility index (Phi) is 5.73. The van der Waals surface area contributed by atoms with Crippen molar-refractivity contribution in [3.05, 3.63) is 59.2 Å². The van der Waals surface area contributed by atoms with E-state index in [1.165, 1.54) is 11.1 Å². The van der Waals surface area contributed by atoms with Gasteiger partial charge in [-0.2, -0.15) is 0 Å². The van der Waals surface area contributed by atoms with Gasteiger partial charge in [0.2, 0.25) is 5.91 Å². The molecule has 1 amide bonds. The number of nitrogens with zero attached hydrogens (tertiary/aromatic N) is 2. The molecule has 2 aromatic carbocycles. The predicted octanol–water partition coefficient (Wildman–Crippen LogP) is 2.72. The van der Waals surface area contributed by atoms with Crippen molar-refractivity contribution < 1.29 is 9.00 Å². The van der Waals surface area contributed by atoms with Crippen LogP contribution in [0, 0.1) is 0 Å². The highest BCUT2D eigenvalue weighted by Gasteiger charge is 2.36. The van der Waals surface area contributed by atoms with E-state index in [4.69, 9.17) is 5.73 Å². The third-order valence-electron chi connectivity index (χ3n) is 6.64. The molecule has 6 heteroatoms. The standard InChI is InChI=1S/C24H33N3O2S/c1-26-16-22(21-8-7-20(14-23(21)26)30(2,3)29)24(28)27-11-9-18(10-12-27)19-6-4-5-17(13-19)15-25/h4-8,13-14,18,22,30H,9-12,15-16,25H2,1-3H3. The molecule has 0 spiro atoms. The number of anilines is 1. The molecule has 0 radical (unpaired) electrons. The lowest BCUT2D eigenvalue weighted by molar-refractivity contribution is -0.133. The first-order valence-corrected chi connectivity index (χ1v) is 13.4. The number of piperidine rings is 1. The molecule has 30 heavy (non-hydrogen) atoms. The van der Waals surface area contributed by atoms with E-state index in [1.807, 2.05) is 30.1 Å². The number of carbonyl (C=O) groups is 1. The predicted molar refractivity (Wildman–Crippen MR) is 125 cm³/mol. The van der Waals surface area contributed by atoms with Gasteiger partial charge in [-0.3, -0.25) is 9.00 Å². The molecule has 0 bridgehead atoms. The maximum absolute atomic E-state index is 13.4. The van der Waals surface area contributed by atoms with E-state index in [2.05, 4.69) is 29.2 Å². The van der Waals surface area contributed by atoms with Crippen LogP contribution >= 0.6 is 0 Å². The largest absolute Gasteiger partial charge is 0.373 e. The molecular formula is C24H33N3O2S. The van der Waals surface area contributed by atoms with Crippen molar-refractivity contribution >= 4 is 21.5 Å². The number of hydrogen-bond donors (Lipinski definition) is 2. The molecule has 2 aliphatic heterocycles. The molecule has 162 valence electrons. The fourth-order valence-electron chi connectivity index (χ4n) is 4.80. The molecule has 0 aromatic heterocycles. The van der Waals surface area contributed by atoms with Crippen LogP contribution in [0.2, 0.25) is 0 Å². The second kappa shape index (κ2) is 8.16. The highest BCUT2D eigenvalue weighted by molar-refractivity contribution is 8.01. The number of amides is 1. The van der Waals surface area contributed by atoms with Crippen molar-refractivity contribution in [2.75, 3.05) is 44.1 Å². The Morgan fingerprint density at radius 3 is 2.53 bits per heavy atom. The molecule has 0 aliphatic carbocycles. The average molecular weight is 428 g/mol. The quantitative estimate of drug-likeness (QED) is 0.737. The fourth-order valence-corrected chi connectivity index (χ4v) is 5.67. The van der Waals surface area contributed by atoms with Gasteiger partial charge in [0.15, 0.2) is 0 Å². The average Bonchev–Trinajstić information content (AvgIpc) is 3.09. The zero-order chi connectivity index (χ0) is 21.5. The first-order chi connectivity index (χ1) is 14.3. The van der Waals surface area contributed by atoms with Gasteiger partial charge < -0.3 is 15.5 Å². The summed E-state index contributed by atoms with van der Waals surface area (Å²) in [5.41, 5.74) is 10.4. The minimum absolute atomic E-state index is 0.135. The third-order valence-corrected chi connectivity index (χ3v) is 8.16. The normalized spacial score (nSPS) is 20.3. The van der Waals surface area contributed by atoms with Crippen LogP contribution in [0.25, 0.3) is 0 Å². The third kappa shape index (κ3) is 4.03. The summed E-state index contributed by atoms with van der Waals surface area (Å²) in [4.78, 5) is 18.4. The van der Waals surface area contributed by atoms with E-state index in [-0.39, 0.29) is 11.8 Å². The van der Waals surface area contributed by atoms with Crippen LogP contribution in [0.4, 0.5) is 5.69 Å². The molecule has 1 fully saturated rings. The van der Waals surface area contributed by atoms with Gasteiger partial charge in [0, 0.05) is 43.8 Å². The Hall–Kier alpha value is -2.18. The van der Waals surface area contributed by atoms with Gasteiger partial charge in [0.1, 0.15) is 0 Å². The molecule has 2 N–H and O–H groups in total. The van der Waals surface area contributed by atoms with Crippen LogP contribution in [-0.2, 0) is 21.3 Å². The lowest BCUT2D eigenvalue weighted by atomic mass is 9.88. The number of rotatable bonds is 4. The molecule has 1 unspecified atom stereocenters. The first-order valence-electron chi connectivity index (χ1n) is 10.8. The second-order valence-corrected chi connectivity index (χ2v) is 12.3. The van der Waals surface area contributed by atoms with Gasteiger partial charge in [0.25, 0.3) is 0 Å². The molecule has 1 atom stereocenters. The molecule has 2 heterocycles. The van der Waals surface area contributed by atoms with E-state index in [0.717, 1.165) is 42.1 Å². The molecule has 2 aliphatic rings. The minimum atomic E-state index is -2.32. The van der Waals surface area contributed by atoms with Gasteiger partial charge in [-0.15, -0.1) is 0 Å². The van der Waals surface area contributed by atoms with E-state index in [0.29, 0.717) is 19.0 Å². The molecule has 5 nitrogen and oxygen atoms in total. The Morgan fingerprint density at radius 1 is 1.13 bits per heavy atom. The maximum atomic E-state index is 13.4. The molecule has 1 saturated heterocycles. The molecular weight excluding hydrogens is 394 g/mol. The SMILES string of the molecule is CN1CC(C(=O)N2CCC(c3cccc(CN)c3)CC2)c2ccc([SH](C)(C)=O)cc21. The highest BCUT2D eigenvalue weighted by atomic mass is 32.2. The van der Waals surface area contributed by atoms with E-state index in [1.54, 1.807) is 12.5 Å². The van der Waals surface area contributed by atoms with Gasteiger partial charge >= 0.3 is 0 Å². The monoisotopic (exact) mass is 427 g/mol. The summed E-state index contributed by atoms with van der Waals surface area (Å²) in [6, 6.07) is 14.5. The number of nitrogens with two attached hydrogens (primary N) is 1. The first kappa shape index (κ1) is 21.1. The topological polar surface area (TPSA) is 66.6 Å². The Balaban J connectivity index is 1.46. The van der Waals surface area contributed by atoms with Gasteiger partial charge in [-0.25, -0.2) is 0 Å². The lowest BCUT2D eigenvalue weighted by Crippen LogP contribution is -2.41. The number of likely N-dealkylation sites (tertiary alicyclic amines) is 1. The van der Waals surface area contributed by atoms with Crippen LogP contribution in [0.3, 0.4) is 0 Å². The lowest BCUT2D eigenvalue weighted by Gasteiger charge is -2.34. The van der Waals surface area contributed by atoms with Crippen molar-refractivity contribution in [3.8, 4) is 0 Å². The van der Waals surface area contributed by atoms with E-state index < -0.39 is 9.93 Å². The summed E-state index contributed by atoms with van der Waals surface area (Å²) in [6.45, 7) is 2.84. The van der Waals surface area contributed by atoms with Crippen LogP contribution in [-0.4, -0.2) is 54.2 Å². The summed E-state index contributed by atoms with van der Waals surface area (Å²) in [7, 11) is -0.302. The number of carbonyl (C=O) groups excluding carboxylic acids is 1. The van der Waals surface area contributed by atoms with Crippen molar-refractivity contribution in [3.63, 3.8) is 0 Å². The zero-order valence-electron chi connectivity index (χ0n) is 18.2. The summed E-state index contributed by atoms with van der Waals surface area (Å²) in [5.74, 6) is 0.577. The highest BCUT2D eigenvalue weighted by Crippen LogP contribution is 2.39. The smallest absolute Gasteiger partial charge is 0.231 e. The van der Waals surface area contributed by atoms with Crippen molar-refractivity contribution in [1.29, 1.82) is 0 Å². The minimum Gasteiger partial charge on any atom is -0.373 e. The maximum Gasteiger partial charge on any atom is 0.231 e. The molecule has 4 rings (SSSR count). The summed E-state index contributed by atoms with van der Waals surface area (Å²) >= 11 is 0. The van der Waals surface area contributed by atoms with Crippen LogP contribution in [0.1, 0.15) is 41.4 Å². The second-order valence-electron chi connectivity index (χ2n) is 9.08. The number of likely N-dealkylation sites (N-methyl/N-ethyl adjacent to an activating group) is 1. The Bertz CT molecular complexity index is 992. The van der Waals surface area contributed by atoms with Crippen molar-refractivity contribution in [2.45, 2.75) is 36.1 Å². The van der Waals surface area contributed by atoms with Gasteiger partial charge in [0.05, 0.1) is 5.92 Å². The molecule has 2 aromatic rings. The number of fused-ring (bicyclic) bond motifs is 1. The Morgan fingerprint density at radius 2 is 1.87 bits per heavy atom. The van der Waals surface area contributed by atoms with Crippen LogP contribution in [0.5, 0.6) is 0 Å². The van der Waals surface area contributed by atoms with E-state index >= 15 is 0 Å². The number of hydrogen-bond acceptors (Lipinski definition) is 4. The summed E-state index contributed by atoms with van der Waals surface area (Å²) in [6.07, 6.45) is 5.56. The van der Waals surface area contributed by atoms with E-state index in [9.17, 15) is 9.00 Å². The number of benzene rings is 2.